The number of benzene rings is 6. The van der Waals surface area contributed by atoms with Crippen LogP contribution in [0.25, 0.3) is 0 Å². The van der Waals surface area contributed by atoms with Gasteiger partial charge in [-0.1, -0.05) is 431 Å². The molecule has 0 saturated carbocycles. The summed E-state index contributed by atoms with van der Waals surface area (Å²) in [5.41, 5.74) is 20.1. The van der Waals surface area contributed by atoms with Crippen LogP contribution in [0.4, 0.5) is 34.1 Å². The fraction of sp³-hybridized carbons (Fsp3) is 0.650. The van der Waals surface area contributed by atoms with Crippen molar-refractivity contribution in [3.8, 4) is 0 Å². The smallest absolute Gasteiger partial charge is 0.0425 e. The van der Waals surface area contributed by atoms with Crippen LogP contribution in [-0.2, 0) is 51.4 Å². The van der Waals surface area contributed by atoms with Gasteiger partial charge in [-0.15, -0.1) is 0 Å². The zero-order valence-corrected chi connectivity index (χ0v) is 80.5. The standard InChI is InChI=1S/2C12H19N.4C10H15N.C5H12.14C2H6.6CH4/c2*1-5-10-8-7-9-11(6-2)12(10)13(3)4;4*1-4-9-7-5-6-8-10(9)11(2)3;1-5(2,3)4;14*1-2;;;;;;/h2*7-9H,5-6H2,1-4H3;4*5-8H,4H2,1-3H3;1-4H3;14*1-2H3;6*1H4. The molecule has 0 aliphatic heterocycles. The summed E-state index contributed by atoms with van der Waals surface area (Å²) in [5.74, 6) is 0. The third-order valence-electron chi connectivity index (χ3n) is 12.2. The summed E-state index contributed by atoms with van der Waals surface area (Å²) in [7, 11) is 25.1. The molecule has 0 atom stereocenters. The Labute approximate surface area is 700 Å². The summed E-state index contributed by atoms with van der Waals surface area (Å²) in [6.45, 7) is 82.3. The molecule has 0 saturated heterocycles. The van der Waals surface area contributed by atoms with E-state index in [0.717, 1.165) is 51.4 Å². The second kappa shape index (κ2) is 129. The van der Waals surface area contributed by atoms with Crippen LogP contribution >= 0.6 is 0 Å². The van der Waals surface area contributed by atoms with Crippen molar-refractivity contribution in [2.75, 3.05) is 114 Å². The van der Waals surface area contributed by atoms with Gasteiger partial charge in [-0.25, -0.2) is 0 Å². The minimum absolute atomic E-state index is 0. The molecule has 109 heavy (non-hydrogen) atoms. The molecule has 660 valence electrons. The van der Waals surface area contributed by atoms with E-state index in [1.807, 2.05) is 194 Å². The Kier molecular flexibility index (Phi) is 188. The van der Waals surface area contributed by atoms with Gasteiger partial charge < -0.3 is 29.4 Å². The van der Waals surface area contributed by atoms with Crippen molar-refractivity contribution >= 4 is 34.1 Å². The molecule has 6 aromatic rings. The van der Waals surface area contributed by atoms with Gasteiger partial charge in [0.25, 0.3) is 0 Å². The maximum atomic E-state index is 2.22. The predicted molar refractivity (Wildman–Crippen MR) is 544 cm³/mol. The molecule has 6 aromatic carbocycles. The van der Waals surface area contributed by atoms with E-state index >= 15 is 0 Å². The Morgan fingerprint density at radius 2 is 0.275 bits per heavy atom. The first-order valence-electron chi connectivity index (χ1n) is 42.0. The van der Waals surface area contributed by atoms with Gasteiger partial charge in [0.2, 0.25) is 0 Å². The number of nitrogens with zero attached hydrogens (tertiary/aromatic N) is 6. The van der Waals surface area contributed by atoms with Crippen LogP contribution in [0.1, 0.15) is 366 Å². The highest BCUT2D eigenvalue weighted by Crippen LogP contribution is 2.27. The first-order chi connectivity index (χ1) is 49.4. The van der Waals surface area contributed by atoms with Crippen LogP contribution in [0.2, 0.25) is 0 Å². The maximum Gasteiger partial charge on any atom is 0.0425 e. The van der Waals surface area contributed by atoms with E-state index in [2.05, 4.69) is 331 Å². The lowest BCUT2D eigenvalue weighted by Crippen LogP contribution is -2.13. The van der Waals surface area contributed by atoms with E-state index in [1.54, 1.807) is 0 Å². The Balaban J connectivity index is -0.0000000412. The summed E-state index contributed by atoms with van der Waals surface area (Å²) >= 11 is 0. The molecule has 0 aromatic heterocycles. The molecule has 0 aliphatic carbocycles. The highest BCUT2D eigenvalue weighted by molar-refractivity contribution is 5.60. The predicted octanol–water partition coefficient (Wildman–Crippen LogP) is 35.3. The fourth-order valence-electron chi connectivity index (χ4n) is 8.56. The number of anilines is 6. The minimum atomic E-state index is 0. The van der Waals surface area contributed by atoms with E-state index in [9.17, 15) is 0 Å². The Hall–Kier alpha value is -5.88. The average molecular weight is 1540 g/mol. The second-order valence-corrected chi connectivity index (χ2v) is 21.6. The van der Waals surface area contributed by atoms with E-state index in [-0.39, 0.29) is 44.6 Å². The van der Waals surface area contributed by atoms with Crippen molar-refractivity contribution in [2.45, 2.75) is 373 Å². The quantitative estimate of drug-likeness (QED) is 0.107. The second-order valence-electron chi connectivity index (χ2n) is 21.6. The van der Waals surface area contributed by atoms with Gasteiger partial charge in [0.05, 0.1) is 0 Å². The maximum absolute atomic E-state index is 2.22. The molecule has 0 aliphatic rings. The third-order valence-corrected chi connectivity index (χ3v) is 12.2. The molecule has 0 radical (unpaired) electrons. The Morgan fingerprint density at radius 3 is 0.358 bits per heavy atom. The molecule has 6 heteroatoms. The molecule has 0 heterocycles. The Morgan fingerprint density at radius 1 is 0.174 bits per heavy atom. The lowest BCUT2D eigenvalue weighted by atomic mass is 10.0. The summed E-state index contributed by atoms with van der Waals surface area (Å²) in [6, 6.07) is 47.2. The summed E-state index contributed by atoms with van der Waals surface area (Å²) in [5, 5.41) is 0. The van der Waals surface area contributed by atoms with Crippen molar-refractivity contribution in [2.24, 2.45) is 5.41 Å². The number of aryl methyl sites for hydroxylation is 8. The summed E-state index contributed by atoms with van der Waals surface area (Å²) in [4.78, 5) is 13.0. The molecular formula is C103H218N6. The lowest BCUT2D eigenvalue weighted by Gasteiger charge is -2.20. The van der Waals surface area contributed by atoms with Gasteiger partial charge in [-0.3, -0.25) is 0 Å². The van der Waals surface area contributed by atoms with E-state index < -0.39 is 0 Å². The zero-order chi connectivity index (χ0) is 85.3. The van der Waals surface area contributed by atoms with Crippen molar-refractivity contribution < 1.29 is 0 Å². The number of hydrogen-bond donors (Lipinski definition) is 0. The van der Waals surface area contributed by atoms with Gasteiger partial charge in [0.15, 0.2) is 0 Å². The summed E-state index contributed by atoms with van der Waals surface area (Å²) < 4.78 is 0. The van der Waals surface area contributed by atoms with Gasteiger partial charge >= 0.3 is 0 Å². The Bertz CT molecular complexity index is 2090. The van der Waals surface area contributed by atoms with Crippen LogP contribution in [0.15, 0.2) is 133 Å². The topological polar surface area (TPSA) is 19.4 Å². The molecule has 0 N–H and O–H groups in total. The van der Waals surface area contributed by atoms with Crippen LogP contribution in [0.3, 0.4) is 0 Å². The van der Waals surface area contributed by atoms with Crippen molar-refractivity contribution in [3.63, 3.8) is 0 Å². The first-order valence-corrected chi connectivity index (χ1v) is 42.0. The third kappa shape index (κ3) is 90.9. The fourth-order valence-corrected chi connectivity index (χ4v) is 8.56. The van der Waals surface area contributed by atoms with Gasteiger partial charge in [-0.2, -0.15) is 0 Å². The van der Waals surface area contributed by atoms with Crippen LogP contribution in [-0.4, -0.2) is 84.6 Å². The van der Waals surface area contributed by atoms with Gasteiger partial charge in [0.1, 0.15) is 0 Å². The van der Waals surface area contributed by atoms with E-state index in [4.69, 9.17) is 0 Å². The molecule has 0 fully saturated rings. The van der Waals surface area contributed by atoms with Gasteiger partial charge in [0, 0.05) is 119 Å². The van der Waals surface area contributed by atoms with Crippen LogP contribution in [0, 0.1) is 5.41 Å². The van der Waals surface area contributed by atoms with Crippen molar-refractivity contribution in [3.05, 3.63) is 178 Å². The molecule has 6 nitrogen and oxygen atoms in total. The largest absolute Gasteiger partial charge is 0.377 e. The molecule has 0 unspecified atom stereocenters. The first kappa shape index (κ1) is 159. The highest BCUT2D eigenvalue weighted by Gasteiger charge is 2.09. The SMILES string of the molecule is C.C.C.C.C.C.CC.CC.CC.CC.CC.CC.CC.CC.CC.CC.CC.CC.CC.CC.CC(C)(C)C.CCc1cccc(CC)c1N(C)C.CCc1cccc(CC)c1N(C)C.CCc1ccccc1N(C)C.CCc1ccccc1N(C)C.CCc1ccccc1N(C)C.CCc1ccccc1N(C)C. The number of para-hydroxylation sites is 6. The normalized spacial score (nSPS) is 7.67. The minimum Gasteiger partial charge on any atom is -0.377 e. The van der Waals surface area contributed by atoms with Crippen molar-refractivity contribution in [1.82, 2.24) is 0 Å². The van der Waals surface area contributed by atoms with Crippen LogP contribution < -0.4 is 29.4 Å². The van der Waals surface area contributed by atoms with E-state index in [1.165, 1.54) is 78.6 Å². The highest BCUT2D eigenvalue weighted by atomic mass is 15.1. The van der Waals surface area contributed by atoms with Gasteiger partial charge in [-0.05, 0) is 126 Å². The van der Waals surface area contributed by atoms with Crippen LogP contribution in [0.5, 0.6) is 0 Å². The molecule has 6 rings (SSSR count). The molecule has 0 spiro atoms. The zero-order valence-electron chi connectivity index (χ0n) is 80.5. The molecule has 0 amide bonds. The average Bonchev–Trinajstić information content (AvgIpc) is 0.848. The number of hydrogen-bond acceptors (Lipinski definition) is 6. The summed E-state index contributed by atoms with van der Waals surface area (Å²) in [6.07, 6.45) is 8.87. The molecule has 0 bridgehead atoms. The van der Waals surface area contributed by atoms with E-state index in [0.29, 0.717) is 5.41 Å². The van der Waals surface area contributed by atoms with Crippen molar-refractivity contribution in [1.29, 1.82) is 0 Å². The number of rotatable bonds is 14. The molecular weight excluding hydrogens is 1320 g/mol. The lowest BCUT2D eigenvalue weighted by molar-refractivity contribution is 0.469. The monoisotopic (exact) mass is 1540 g/mol.